The van der Waals surface area contributed by atoms with Gasteiger partial charge in [0.25, 0.3) is 5.91 Å². The number of carbonyl (C=O) groups is 4. The fourth-order valence-corrected chi connectivity index (χ4v) is 7.51. The number of methoxy groups -OCH3 is 1. The molecular weight excluding hydrogens is 688 g/mol. The molecule has 2 aromatic carbocycles. The van der Waals surface area contributed by atoms with Crippen LogP contribution in [0, 0.1) is 0 Å². The fourth-order valence-electron chi connectivity index (χ4n) is 7.51. The van der Waals surface area contributed by atoms with Gasteiger partial charge in [0.15, 0.2) is 6.10 Å². The molecule has 14 heteroatoms. The van der Waals surface area contributed by atoms with Gasteiger partial charge in [-0.15, -0.1) is 0 Å². The molecule has 2 fully saturated rings. The lowest BCUT2D eigenvalue weighted by Gasteiger charge is -2.28. The summed E-state index contributed by atoms with van der Waals surface area (Å²) in [5.74, 6) is 1.08. The van der Waals surface area contributed by atoms with Crippen molar-refractivity contribution in [1.29, 1.82) is 0 Å². The van der Waals surface area contributed by atoms with Crippen molar-refractivity contribution in [3.05, 3.63) is 72.6 Å². The third-order valence-electron chi connectivity index (χ3n) is 10.3. The molecule has 54 heavy (non-hydrogen) atoms. The maximum atomic E-state index is 13.5. The second-order valence-corrected chi connectivity index (χ2v) is 13.9. The molecule has 2 aliphatic heterocycles. The predicted octanol–water partition coefficient (Wildman–Crippen LogP) is 6.64. The van der Waals surface area contributed by atoms with Gasteiger partial charge in [-0.05, 0) is 67.2 Å². The Morgan fingerprint density at radius 1 is 0.778 bits per heavy atom. The Balaban J connectivity index is 1.10. The highest BCUT2D eigenvalue weighted by Gasteiger charge is 2.38. The smallest absolute Gasteiger partial charge is 0.407 e. The van der Waals surface area contributed by atoms with Crippen molar-refractivity contribution in [1.82, 2.24) is 35.1 Å². The molecule has 4 atom stereocenters. The van der Waals surface area contributed by atoms with Crippen LogP contribution in [0.1, 0.15) is 95.4 Å². The standard InChI is InChI=1S/C40H50N8O6/c1-4-6-12-34(54-39(41)51)38(50)48-22-8-11-33(48)36-43-24-31(45-36)28-19-15-26(16-20-28)25-13-17-27(18-14-25)30-23-42-35(44-30)32-10-7-21-47(32)37(49)29(9-5-2)46-40(52)53-3/h13-20,23-24,29,32-34H,4-12,21-22H2,1-3H3,(H2,41,51)(H,42,44)(H,43,45)(H,46,52)/t29-,32?,33-,34-/m0/s1. The molecule has 286 valence electrons. The highest BCUT2D eigenvalue weighted by molar-refractivity contribution is 5.86. The van der Waals surface area contributed by atoms with Crippen molar-refractivity contribution >= 4 is 24.0 Å². The second-order valence-electron chi connectivity index (χ2n) is 13.9. The van der Waals surface area contributed by atoms with E-state index in [2.05, 4.69) is 49.5 Å². The van der Waals surface area contributed by atoms with E-state index in [-0.39, 0.29) is 23.9 Å². The van der Waals surface area contributed by atoms with Crippen LogP contribution in [-0.2, 0) is 19.1 Å². The number of ether oxygens (including phenoxy) is 2. The maximum absolute atomic E-state index is 13.5. The first-order valence-electron chi connectivity index (χ1n) is 18.9. The predicted molar refractivity (Wildman–Crippen MR) is 203 cm³/mol. The monoisotopic (exact) mass is 738 g/mol. The number of hydrogen-bond donors (Lipinski definition) is 4. The van der Waals surface area contributed by atoms with E-state index in [0.29, 0.717) is 31.8 Å². The molecule has 2 aliphatic rings. The molecule has 0 saturated carbocycles. The Morgan fingerprint density at radius 3 is 1.74 bits per heavy atom. The van der Waals surface area contributed by atoms with Crippen molar-refractivity contribution in [2.24, 2.45) is 5.73 Å². The number of benzene rings is 2. The van der Waals surface area contributed by atoms with Crippen molar-refractivity contribution in [3.8, 4) is 33.6 Å². The Morgan fingerprint density at radius 2 is 1.28 bits per heavy atom. The van der Waals surface area contributed by atoms with Crippen LogP contribution in [0.15, 0.2) is 60.9 Å². The van der Waals surface area contributed by atoms with Crippen LogP contribution in [0.4, 0.5) is 9.59 Å². The number of H-pyrrole nitrogens is 2. The number of rotatable bonds is 14. The molecule has 4 aromatic rings. The molecule has 0 radical (unpaired) electrons. The molecular formula is C40H50N8O6. The van der Waals surface area contributed by atoms with Gasteiger partial charge < -0.3 is 40.3 Å². The van der Waals surface area contributed by atoms with Gasteiger partial charge in [0.2, 0.25) is 5.91 Å². The average Bonchev–Trinajstić information content (AvgIpc) is 4.02. The summed E-state index contributed by atoms with van der Waals surface area (Å²) in [5, 5.41) is 2.69. The summed E-state index contributed by atoms with van der Waals surface area (Å²) in [6.45, 7) is 5.17. The highest BCUT2D eigenvalue weighted by atomic mass is 16.6. The number of hydrogen-bond acceptors (Lipinski definition) is 8. The highest BCUT2D eigenvalue weighted by Crippen LogP contribution is 2.35. The zero-order valence-corrected chi connectivity index (χ0v) is 31.2. The quantitative estimate of drug-likeness (QED) is 0.111. The third kappa shape index (κ3) is 8.58. The number of likely N-dealkylation sites (tertiary alicyclic amines) is 2. The van der Waals surface area contributed by atoms with Crippen LogP contribution in [0.25, 0.3) is 33.6 Å². The van der Waals surface area contributed by atoms with Gasteiger partial charge in [0.05, 0.1) is 43.0 Å². The molecule has 14 nitrogen and oxygen atoms in total. The first-order chi connectivity index (χ1) is 26.2. The summed E-state index contributed by atoms with van der Waals surface area (Å²) in [4.78, 5) is 70.0. The summed E-state index contributed by atoms with van der Waals surface area (Å²) in [5.41, 5.74) is 11.0. The van der Waals surface area contributed by atoms with Gasteiger partial charge in [-0.25, -0.2) is 19.6 Å². The number of aromatic nitrogens is 4. The minimum atomic E-state index is -0.942. The number of nitrogens with two attached hydrogens (primary N) is 1. The number of unbranched alkanes of at least 4 members (excludes halogenated alkanes) is 1. The molecule has 0 spiro atoms. The number of imidazole rings is 2. The van der Waals surface area contributed by atoms with E-state index in [1.54, 1.807) is 17.3 Å². The Hall–Kier alpha value is -5.66. The Kier molecular flexibility index (Phi) is 12.3. The van der Waals surface area contributed by atoms with Crippen LogP contribution in [-0.4, -0.2) is 86.1 Å². The summed E-state index contributed by atoms with van der Waals surface area (Å²) >= 11 is 0. The van der Waals surface area contributed by atoms with Crippen LogP contribution < -0.4 is 11.1 Å². The molecule has 0 aliphatic carbocycles. The van der Waals surface area contributed by atoms with E-state index in [1.165, 1.54) is 7.11 Å². The van der Waals surface area contributed by atoms with E-state index in [0.717, 1.165) is 84.4 Å². The van der Waals surface area contributed by atoms with Crippen molar-refractivity contribution in [2.75, 3.05) is 20.2 Å². The van der Waals surface area contributed by atoms with E-state index >= 15 is 0 Å². The Labute approximate surface area is 315 Å². The maximum Gasteiger partial charge on any atom is 0.407 e. The van der Waals surface area contributed by atoms with Gasteiger partial charge in [-0.2, -0.15) is 0 Å². The zero-order valence-electron chi connectivity index (χ0n) is 31.2. The molecule has 0 bridgehead atoms. The third-order valence-corrected chi connectivity index (χ3v) is 10.3. The van der Waals surface area contributed by atoms with E-state index in [4.69, 9.17) is 15.2 Å². The van der Waals surface area contributed by atoms with Gasteiger partial charge in [-0.1, -0.05) is 75.2 Å². The lowest BCUT2D eigenvalue weighted by atomic mass is 10.0. The first-order valence-corrected chi connectivity index (χ1v) is 18.9. The minimum absolute atomic E-state index is 0.122. The average molecular weight is 739 g/mol. The summed E-state index contributed by atoms with van der Waals surface area (Å²) in [6.07, 6.45) is 7.72. The number of nitrogens with one attached hydrogen (secondary N) is 3. The summed E-state index contributed by atoms with van der Waals surface area (Å²) in [6, 6.07) is 15.4. The van der Waals surface area contributed by atoms with Crippen LogP contribution in [0.5, 0.6) is 0 Å². The van der Waals surface area contributed by atoms with Crippen LogP contribution >= 0.6 is 0 Å². The van der Waals surface area contributed by atoms with Gasteiger partial charge >= 0.3 is 12.2 Å². The fraction of sp³-hybridized carbons (Fsp3) is 0.450. The lowest BCUT2D eigenvalue weighted by Crippen LogP contribution is -2.48. The number of carbonyl (C=O) groups excluding carboxylic acids is 4. The van der Waals surface area contributed by atoms with Crippen LogP contribution in [0.3, 0.4) is 0 Å². The number of amides is 4. The summed E-state index contributed by atoms with van der Waals surface area (Å²) < 4.78 is 9.95. The normalized spacial score (nSPS) is 18.0. The van der Waals surface area contributed by atoms with Gasteiger partial charge in [0, 0.05) is 13.1 Å². The molecule has 2 aromatic heterocycles. The molecule has 5 N–H and O–H groups in total. The van der Waals surface area contributed by atoms with Crippen molar-refractivity contribution < 1.29 is 28.7 Å². The second kappa shape index (κ2) is 17.4. The molecule has 2 saturated heterocycles. The Bertz CT molecular complexity index is 1790. The molecule has 1 unspecified atom stereocenters. The molecule has 6 rings (SSSR count). The van der Waals surface area contributed by atoms with Crippen LogP contribution in [0.2, 0.25) is 0 Å². The first kappa shape index (κ1) is 38.1. The van der Waals surface area contributed by atoms with Gasteiger partial charge in [-0.3, -0.25) is 9.59 Å². The number of primary amides is 1. The minimum Gasteiger partial charge on any atom is -0.453 e. The number of nitrogens with zero attached hydrogens (tertiary/aromatic N) is 4. The largest absolute Gasteiger partial charge is 0.453 e. The zero-order chi connectivity index (χ0) is 38.2. The topological polar surface area (TPSA) is 189 Å². The van der Waals surface area contributed by atoms with Crippen molar-refractivity contribution in [2.45, 2.75) is 95.9 Å². The van der Waals surface area contributed by atoms with E-state index in [1.807, 2.05) is 43.0 Å². The van der Waals surface area contributed by atoms with E-state index < -0.39 is 24.3 Å². The number of alkyl carbamates (subject to hydrolysis) is 1. The number of aromatic amines is 2. The summed E-state index contributed by atoms with van der Waals surface area (Å²) in [7, 11) is 1.29. The van der Waals surface area contributed by atoms with Crippen molar-refractivity contribution in [3.63, 3.8) is 0 Å². The lowest BCUT2D eigenvalue weighted by molar-refractivity contribution is -0.141. The molecule has 4 heterocycles. The van der Waals surface area contributed by atoms with E-state index in [9.17, 15) is 19.2 Å². The SMILES string of the molecule is CCCC[C@H](OC(N)=O)C(=O)N1CCC[C@H]1c1ncc(-c2ccc(-c3ccc(-c4cnc(C5CCCN5C(=O)[C@H](CCC)NC(=O)OC)[nH]4)cc3)cc2)[nH]1. The van der Waals surface area contributed by atoms with Gasteiger partial charge in [0.1, 0.15) is 17.7 Å². The molecule has 4 amide bonds.